The molecule has 0 aliphatic rings. The highest BCUT2D eigenvalue weighted by Crippen LogP contribution is 2.23. The average Bonchev–Trinajstić information content (AvgIpc) is 2.40. The van der Waals surface area contributed by atoms with Gasteiger partial charge in [-0.05, 0) is 42.8 Å². The molecule has 1 atom stereocenters. The van der Waals surface area contributed by atoms with Crippen molar-refractivity contribution in [1.82, 2.24) is 0 Å². The number of halogens is 2. The number of ether oxygens (including phenoxy) is 1. The summed E-state index contributed by atoms with van der Waals surface area (Å²) in [4.78, 5) is 0. The van der Waals surface area contributed by atoms with Crippen LogP contribution < -0.4 is 10.5 Å². The van der Waals surface area contributed by atoms with Gasteiger partial charge in [0.05, 0.1) is 0 Å². The third kappa shape index (κ3) is 3.87. The third-order valence-electron chi connectivity index (χ3n) is 2.79. The Balaban J connectivity index is 2.10. The van der Waals surface area contributed by atoms with E-state index in [1.165, 1.54) is 0 Å². The van der Waals surface area contributed by atoms with Crippen LogP contribution in [-0.2, 0) is 6.61 Å². The monoisotopic (exact) mass is 295 g/mol. The molecule has 2 aromatic carbocycles. The van der Waals surface area contributed by atoms with Gasteiger partial charge in [0.1, 0.15) is 12.4 Å². The van der Waals surface area contributed by atoms with Crippen molar-refractivity contribution in [3.63, 3.8) is 0 Å². The lowest BCUT2D eigenvalue weighted by molar-refractivity contribution is 0.306. The summed E-state index contributed by atoms with van der Waals surface area (Å²) >= 11 is 12.0. The molecular formula is C15H15Cl2NO. The number of hydrogen-bond acceptors (Lipinski definition) is 2. The van der Waals surface area contributed by atoms with E-state index in [2.05, 4.69) is 0 Å². The van der Waals surface area contributed by atoms with Crippen molar-refractivity contribution >= 4 is 23.2 Å². The number of rotatable bonds is 4. The van der Waals surface area contributed by atoms with Crippen LogP contribution in [0.5, 0.6) is 5.75 Å². The van der Waals surface area contributed by atoms with E-state index in [-0.39, 0.29) is 6.04 Å². The minimum atomic E-state index is -0.0155. The Hall–Kier alpha value is -1.22. The topological polar surface area (TPSA) is 35.2 Å². The van der Waals surface area contributed by atoms with Gasteiger partial charge in [-0.25, -0.2) is 0 Å². The average molecular weight is 296 g/mol. The van der Waals surface area contributed by atoms with Crippen LogP contribution in [0.4, 0.5) is 0 Å². The van der Waals surface area contributed by atoms with E-state index in [1.807, 2.05) is 31.2 Å². The molecule has 0 spiro atoms. The predicted molar refractivity (Wildman–Crippen MR) is 79.8 cm³/mol. The Morgan fingerprint density at radius 2 is 1.95 bits per heavy atom. The van der Waals surface area contributed by atoms with Crippen LogP contribution in [0.1, 0.15) is 24.1 Å². The van der Waals surface area contributed by atoms with Crippen molar-refractivity contribution in [3.8, 4) is 5.75 Å². The highest BCUT2D eigenvalue weighted by Gasteiger charge is 2.04. The fraction of sp³-hybridized carbons (Fsp3) is 0.200. The highest BCUT2D eigenvalue weighted by molar-refractivity contribution is 6.33. The Labute approximate surface area is 123 Å². The first-order valence-electron chi connectivity index (χ1n) is 5.98. The maximum atomic E-state index is 6.09. The molecule has 2 nitrogen and oxygen atoms in total. The maximum absolute atomic E-state index is 6.09. The van der Waals surface area contributed by atoms with Gasteiger partial charge >= 0.3 is 0 Å². The molecule has 0 aromatic heterocycles. The Morgan fingerprint density at radius 1 is 1.16 bits per heavy atom. The first-order valence-corrected chi connectivity index (χ1v) is 6.74. The van der Waals surface area contributed by atoms with Crippen LogP contribution in [0.2, 0.25) is 10.0 Å². The SMILES string of the molecule is C[C@@H](N)c1cccc(OCc2cc(Cl)ccc2Cl)c1. The molecule has 0 amide bonds. The molecular weight excluding hydrogens is 281 g/mol. The second-order valence-corrected chi connectivity index (χ2v) is 5.23. The molecule has 19 heavy (non-hydrogen) atoms. The van der Waals surface area contributed by atoms with E-state index in [4.69, 9.17) is 33.7 Å². The van der Waals surface area contributed by atoms with Gasteiger partial charge in [0, 0.05) is 21.7 Å². The molecule has 0 saturated heterocycles. The summed E-state index contributed by atoms with van der Waals surface area (Å²) in [6, 6.07) is 13.0. The normalized spacial score (nSPS) is 12.2. The lowest BCUT2D eigenvalue weighted by atomic mass is 10.1. The molecule has 100 valence electrons. The zero-order chi connectivity index (χ0) is 13.8. The van der Waals surface area contributed by atoms with Crippen molar-refractivity contribution < 1.29 is 4.74 Å². The molecule has 2 aromatic rings. The van der Waals surface area contributed by atoms with Crippen LogP contribution in [-0.4, -0.2) is 0 Å². The van der Waals surface area contributed by atoms with Gasteiger partial charge in [-0.1, -0.05) is 35.3 Å². The molecule has 0 fully saturated rings. The van der Waals surface area contributed by atoms with E-state index >= 15 is 0 Å². The number of benzene rings is 2. The second kappa shape index (κ2) is 6.29. The lowest BCUT2D eigenvalue weighted by Gasteiger charge is -2.11. The van der Waals surface area contributed by atoms with E-state index in [0.717, 1.165) is 16.9 Å². The Bertz CT molecular complexity index is 570. The number of hydrogen-bond donors (Lipinski definition) is 1. The van der Waals surface area contributed by atoms with E-state index < -0.39 is 0 Å². The second-order valence-electron chi connectivity index (χ2n) is 4.39. The van der Waals surface area contributed by atoms with Crippen molar-refractivity contribution in [2.24, 2.45) is 5.73 Å². The molecule has 0 aliphatic heterocycles. The summed E-state index contributed by atoms with van der Waals surface area (Å²) in [6.45, 7) is 2.31. The standard InChI is InChI=1S/C15H15Cl2NO/c1-10(18)11-3-2-4-14(8-11)19-9-12-7-13(16)5-6-15(12)17/h2-8,10H,9,18H2,1H3/t10-/m1/s1. The van der Waals surface area contributed by atoms with Gasteiger partial charge in [-0.15, -0.1) is 0 Å². The van der Waals surface area contributed by atoms with Crippen LogP contribution in [0.3, 0.4) is 0 Å². The fourth-order valence-corrected chi connectivity index (χ4v) is 2.07. The van der Waals surface area contributed by atoms with Crippen LogP contribution in [0.15, 0.2) is 42.5 Å². The first kappa shape index (κ1) is 14.2. The van der Waals surface area contributed by atoms with Crippen LogP contribution in [0, 0.1) is 0 Å². The lowest BCUT2D eigenvalue weighted by Crippen LogP contribution is -2.05. The van der Waals surface area contributed by atoms with Crippen molar-refractivity contribution in [1.29, 1.82) is 0 Å². The van der Waals surface area contributed by atoms with Gasteiger partial charge in [0.2, 0.25) is 0 Å². The first-order chi connectivity index (χ1) is 9.06. The molecule has 0 bridgehead atoms. The van der Waals surface area contributed by atoms with Gasteiger partial charge in [0.25, 0.3) is 0 Å². The van der Waals surface area contributed by atoms with E-state index in [9.17, 15) is 0 Å². The van der Waals surface area contributed by atoms with Gasteiger partial charge < -0.3 is 10.5 Å². The smallest absolute Gasteiger partial charge is 0.120 e. The van der Waals surface area contributed by atoms with Gasteiger partial charge in [-0.3, -0.25) is 0 Å². The molecule has 0 aliphatic carbocycles. The summed E-state index contributed by atoms with van der Waals surface area (Å²) in [7, 11) is 0. The van der Waals surface area contributed by atoms with Crippen molar-refractivity contribution in [2.75, 3.05) is 0 Å². The van der Waals surface area contributed by atoms with Crippen LogP contribution in [0.25, 0.3) is 0 Å². The molecule has 0 radical (unpaired) electrons. The predicted octanol–water partition coefficient (Wildman–Crippen LogP) is 4.59. The van der Waals surface area contributed by atoms with Crippen molar-refractivity contribution in [3.05, 3.63) is 63.6 Å². The minimum absolute atomic E-state index is 0.0155. The maximum Gasteiger partial charge on any atom is 0.120 e. The summed E-state index contributed by atoms with van der Waals surface area (Å²) in [5.74, 6) is 0.769. The fourth-order valence-electron chi connectivity index (χ4n) is 1.70. The molecule has 0 heterocycles. The Morgan fingerprint density at radius 3 is 2.68 bits per heavy atom. The molecule has 2 rings (SSSR count). The van der Waals surface area contributed by atoms with Crippen molar-refractivity contribution in [2.45, 2.75) is 19.6 Å². The van der Waals surface area contributed by atoms with E-state index in [1.54, 1.807) is 18.2 Å². The zero-order valence-electron chi connectivity index (χ0n) is 10.6. The molecule has 0 unspecified atom stereocenters. The molecule has 4 heteroatoms. The minimum Gasteiger partial charge on any atom is -0.489 e. The quantitative estimate of drug-likeness (QED) is 0.895. The molecule has 0 saturated carbocycles. The highest BCUT2D eigenvalue weighted by atomic mass is 35.5. The van der Waals surface area contributed by atoms with E-state index in [0.29, 0.717) is 16.7 Å². The summed E-state index contributed by atoms with van der Waals surface area (Å²) < 4.78 is 5.72. The summed E-state index contributed by atoms with van der Waals surface area (Å²) in [5, 5.41) is 1.29. The van der Waals surface area contributed by atoms with Gasteiger partial charge in [0.15, 0.2) is 0 Å². The zero-order valence-corrected chi connectivity index (χ0v) is 12.1. The largest absolute Gasteiger partial charge is 0.489 e. The number of nitrogens with two attached hydrogens (primary N) is 1. The third-order valence-corrected chi connectivity index (χ3v) is 3.39. The Kier molecular flexibility index (Phi) is 4.70. The van der Waals surface area contributed by atoms with Crippen LogP contribution >= 0.6 is 23.2 Å². The molecule has 2 N–H and O–H groups in total. The summed E-state index contributed by atoms with van der Waals surface area (Å²) in [5.41, 5.74) is 7.74. The van der Waals surface area contributed by atoms with Gasteiger partial charge in [-0.2, -0.15) is 0 Å². The summed E-state index contributed by atoms with van der Waals surface area (Å²) in [6.07, 6.45) is 0.